The molecule has 0 radical (unpaired) electrons. The smallest absolute Gasteiger partial charge is 0.331 e. The summed E-state index contributed by atoms with van der Waals surface area (Å²) in [5.41, 5.74) is 0. The zero-order valence-electron chi connectivity index (χ0n) is 4.71. The fourth-order valence-electron chi connectivity index (χ4n) is 0.246. The molecule has 52 valence electrons. The van der Waals surface area contributed by atoms with E-state index in [2.05, 4.69) is 20.7 Å². The molecule has 0 heterocycles. The molecule has 0 amide bonds. The van der Waals surface area contributed by atoms with Gasteiger partial charge in [0.1, 0.15) is 6.61 Å². The van der Waals surface area contributed by atoms with E-state index in [0.717, 1.165) is 0 Å². The van der Waals surface area contributed by atoms with Crippen molar-refractivity contribution in [2.24, 2.45) is 0 Å². The van der Waals surface area contributed by atoms with Gasteiger partial charge in [-0.1, -0.05) is 15.9 Å². The second kappa shape index (κ2) is 5.78. The van der Waals surface area contributed by atoms with Gasteiger partial charge in [0, 0.05) is 6.08 Å². The molecule has 0 aromatic heterocycles. The van der Waals surface area contributed by atoms with Gasteiger partial charge in [0.05, 0.1) is 6.61 Å². The van der Waals surface area contributed by atoms with Gasteiger partial charge in [-0.05, 0) is 4.99 Å². The lowest BCUT2D eigenvalue weighted by Crippen LogP contribution is -2.04. The lowest BCUT2D eigenvalue weighted by atomic mass is 10.6. The summed E-state index contributed by atoms with van der Waals surface area (Å²) in [5.74, 6) is -0.457. The molecule has 9 heavy (non-hydrogen) atoms. The van der Waals surface area contributed by atoms with Gasteiger partial charge in [-0.3, -0.25) is 0 Å². The summed E-state index contributed by atoms with van der Waals surface area (Å²) in [4.78, 5) is 11.7. The summed E-state index contributed by atoms with van der Waals surface area (Å²) in [6.45, 7) is -0.0853. The molecule has 0 aliphatic carbocycles. The van der Waals surface area contributed by atoms with Gasteiger partial charge in [-0.2, -0.15) is 0 Å². The first-order valence-corrected chi connectivity index (χ1v) is 3.27. The normalized spacial score (nSPS) is 10.0. The van der Waals surface area contributed by atoms with Crippen LogP contribution in [-0.2, 0) is 9.53 Å². The van der Waals surface area contributed by atoms with Gasteiger partial charge in [0.2, 0.25) is 0 Å². The van der Waals surface area contributed by atoms with Crippen molar-refractivity contribution in [2.75, 3.05) is 13.2 Å². The fraction of sp³-hybridized carbons (Fsp3) is 0.400. The monoisotopic (exact) mass is 194 g/mol. The Morgan fingerprint density at radius 2 is 2.44 bits per heavy atom. The summed E-state index contributed by atoms with van der Waals surface area (Å²) in [5, 5.41) is 8.17. The molecule has 1 N–H and O–H groups in total. The van der Waals surface area contributed by atoms with E-state index in [0.29, 0.717) is 0 Å². The summed E-state index contributed by atoms with van der Waals surface area (Å²) < 4.78 is 4.43. The first-order valence-electron chi connectivity index (χ1n) is 2.35. The van der Waals surface area contributed by atoms with Crippen molar-refractivity contribution in [1.29, 1.82) is 0 Å². The number of aliphatic hydroxyl groups is 1. The van der Waals surface area contributed by atoms with Crippen LogP contribution in [0.1, 0.15) is 0 Å². The van der Waals surface area contributed by atoms with Gasteiger partial charge >= 0.3 is 5.97 Å². The summed E-state index contributed by atoms with van der Waals surface area (Å²) >= 11 is 2.90. The van der Waals surface area contributed by atoms with E-state index in [-0.39, 0.29) is 13.2 Å². The molecule has 0 spiro atoms. The largest absolute Gasteiger partial charge is 0.460 e. The first kappa shape index (κ1) is 8.65. The SMILES string of the molecule is O=C(C=CBr)OCCO. The highest BCUT2D eigenvalue weighted by atomic mass is 79.9. The molecule has 0 saturated carbocycles. The number of halogens is 1. The first-order chi connectivity index (χ1) is 4.31. The molecule has 0 aromatic rings. The Labute approximate surface area is 61.4 Å². The van der Waals surface area contributed by atoms with Crippen LogP contribution in [-0.4, -0.2) is 24.3 Å². The maximum Gasteiger partial charge on any atom is 0.331 e. The van der Waals surface area contributed by atoms with Crippen LogP contribution in [0.4, 0.5) is 0 Å². The number of rotatable bonds is 3. The third-order valence-electron chi connectivity index (χ3n) is 0.535. The van der Waals surface area contributed by atoms with Crippen LogP contribution in [0.2, 0.25) is 0 Å². The molecule has 0 saturated heterocycles. The van der Waals surface area contributed by atoms with Crippen molar-refractivity contribution < 1.29 is 14.6 Å². The van der Waals surface area contributed by atoms with Gasteiger partial charge in [0.15, 0.2) is 0 Å². The molecule has 0 atom stereocenters. The Balaban J connectivity index is 3.27. The topological polar surface area (TPSA) is 46.5 Å². The molecule has 0 unspecified atom stereocenters. The Morgan fingerprint density at radius 1 is 1.78 bits per heavy atom. The van der Waals surface area contributed by atoms with E-state index >= 15 is 0 Å². The molecular formula is C5H7BrO3. The van der Waals surface area contributed by atoms with E-state index in [9.17, 15) is 4.79 Å². The molecule has 0 bridgehead atoms. The number of ether oxygens (including phenoxy) is 1. The lowest BCUT2D eigenvalue weighted by molar-refractivity contribution is -0.138. The summed E-state index contributed by atoms with van der Waals surface area (Å²) in [7, 11) is 0. The number of esters is 1. The predicted molar refractivity (Wildman–Crippen MR) is 36.1 cm³/mol. The molecule has 4 heteroatoms. The predicted octanol–water partition coefficient (Wildman–Crippen LogP) is 0.430. The molecule has 0 aliphatic rings. The minimum atomic E-state index is -0.457. The van der Waals surface area contributed by atoms with E-state index in [1.807, 2.05) is 0 Å². The third kappa shape index (κ3) is 5.52. The maximum atomic E-state index is 10.4. The van der Waals surface area contributed by atoms with Crippen LogP contribution in [0.3, 0.4) is 0 Å². The van der Waals surface area contributed by atoms with Crippen LogP contribution in [0.15, 0.2) is 11.1 Å². The van der Waals surface area contributed by atoms with Crippen molar-refractivity contribution in [1.82, 2.24) is 0 Å². The van der Waals surface area contributed by atoms with Crippen molar-refractivity contribution in [3.63, 3.8) is 0 Å². The average Bonchev–Trinajstić information content (AvgIpc) is 1.85. The molecular weight excluding hydrogens is 188 g/mol. The van der Waals surface area contributed by atoms with Crippen molar-refractivity contribution >= 4 is 21.9 Å². The second-order valence-corrected chi connectivity index (χ2v) is 1.71. The third-order valence-corrected chi connectivity index (χ3v) is 0.799. The molecule has 0 aromatic carbocycles. The minimum Gasteiger partial charge on any atom is -0.460 e. The van der Waals surface area contributed by atoms with Crippen LogP contribution in [0, 0.1) is 0 Å². The van der Waals surface area contributed by atoms with Crippen LogP contribution in [0.25, 0.3) is 0 Å². The Morgan fingerprint density at radius 3 is 2.89 bits per heavy atom. The van der Waals surface area contributed by atoms with Crippen molar-refractivity contribution in [3.8, 4) is 0 Å². The Bertz CT molecular complexity index is 111. The van der Waals surface area contributed by atoms with Gasteiger partial charge in [-0.15, -0.1) is 0 Å². The highest BCUT2D eigenvalue weighted by Crippen LogP contribution is 1.85. The molecule has 0 aliphatic heterocycles. The number of carbonyl (C=O) groups is 1. The zero-order chi connectivity index (χ0) is 7.11. The van der Waals surface area contributed by atoms with Gasteiger partial charge in [-0.25, -0.2) is 4.79 Å². The number of carbonyl (C=O) groups excluding carboxylic acids is 1. The minimum absolute atomic E-state index is 0.0518. The number of hydrogen-bond acceptors (Lipinski definition) is 3. The van der Waals surface area contributed by atoms with Gasteiger partial charge in [0.25, 0.3) is 0 Å². The highest BCUT2D eigenvalue weighted by molar-refractivity contribution is 9.11. The fourth-order valence-corrected chi connectivity index (χ4v) is 0.462. The van der Waals surface area contributed by atoms with Crippen LogP contribution in [0.5, 0.6) is 0 Å². The molecule has 3 nitrogen and oxygen atoms in total. The van der Waals surface area contributed by atoms with Crippen LogP contribution >= 0.6 is 15.9 Å². The molecule has 0 fully saturated rings. The van der Waals surface area contributed by atoms with E-state index in [1.165, 1.54) is 11.1 Å². The average molecular weight is 195 g/mol. The zero-order valence-corrected chi connectivity index (χ0v) is 6.30. The maximum absolute atomic E-state index is 10.4. The summed E-state index contributed by atoms with van der Waals surface area (Å²) in [6, 6.07) is 0. The summed E-state index contributed by atoms with van der Waals surface area (Å²) in [6.07, 6.45) is 1.22. The second-order valence-electron chi connectivity index (χ2n) is 1.18. The van der Waals surface area contributed by atoms with E-state index in [4.69, 9.17) is 5.11 Å². The van der Waals surface area contributed by atoms with E-state index in [1.54, 1.807) is 0 Å². The lowest BCUT2D eigenvalue weighted by Gasteiger charge is -1.94. The van der Waals surface area contributed by atoms with Crippen molar-refractivity contribution in [2.45, 2.75) is 0 Å². The highest BCUT2D eigenvalue weighted by Gasteiger charge is 1.91. The quantitative estimate of drug-likeness (QED) is 0.524. The Hall–Kier alpha value is -0.350. The molecule has 0 rings (SSSR count). The van der Waals surface area contributed by atoms with Crippen LogP contribution < -0.4 is 0 Å². The van der Waals surface area contributed by atoms with Crippen molar-refractivity contribution in [3.05, 3.63) is 11.1 Å². The van der Waals surface area contributed by atoms with E-state index < -0.39 is 5.97 Å². The number of hydrogen-bond donors (Lipinski definition) is 1. The van der Waals surface area contributed by atoms with Gasteiger partial charge < -0.3 is 9.84 Å². The standard InChI is InChI=1S/C5H7BrO3/c6-2-1-5(8)9-4-3-7/h1-2,7H,3-4H2. The Kier molecular flexibility index (Phi) is 5.56. The number of aliphatic hydroxyl groups excluding tert-OH is 1.